The van der Waals surface area contributed by atoms with Crippen LogP contribution in [0.25, 0.3) is 11.3 Å². The zero-order valence-corrected chi connectivity index (χ0v) is 19.7. The van der Waals surface area contributed by atoms with Crippen LogP contribution in [0.2, 0.25) is 0 Å². The Balaban J connectivity index is 1.32. The second-order valence-corrected chi connectivity index (χ2v) is 8.53. The number of hydrogen-bond acceptors (Lipinski definition) is 5. The van der Waals surface area contributed by atoms with Gasteiger partial charge < -0.3 is 18.6 Å². The number of benzene rings is 2. The van der Waals surface area contributed by atoms with Gasteiger partial charge in [-0.3, -0.25) is 9.59 Å². The third-order valence-electron chi connectivity index (χ3n) is 5.95. The minimum atomic E-state index is -2.20. The molecule has 7 heteroatoms. The summed E-state index contributed by atoms with van der Waals surface area (Å²) >= 11 is 0. The Morgan fingerprint density at radius 3 is 2.72 bits per heavy atom. The molecule has 186 valence electrons. The maximum atomic E-state index is 14.0. The van der Waals surface area contributed by atoms with Gasteiger partial charge in [-0.25, -0.2) is 0 Å². The van der Waals surface area contributed by atoms with E-state index in [1.165, 1.54) is 12.3 Å². The molecule has 0 radical (unpaired) electrons. The van der Waals surface area contributed by atoms with E-state index < -0.39 is 24.7 Å². The minimum Gasteiger partial charge on any atom is -0.493 e. The van der Waals surface area contributed by atoms with Gasteiger partial charge in [0.25, 0.3) is 11.5 Å². The summed E-state index contributed by atoms with van der Waals surface area (Å²) in [7, 11) is 0. The van der Waals surface area contributed by atoms with Gasteiger partial charge in [-0.15, -0.1) is 0 Å². The second kappa shape index (κ2) is 11.2. The van der Waals surface area contributed by atoms with Gasteiger partial charge >= 0.3 is 0 Å². The summed E-state index contributed by atoms with van der Waals surface area (Å²) in [4.78, 5) is 26.3. The molecule has 36 heavy (non-hydrogen) atoms. The molecule has 1 amide bonds. The van der Waals surface area contributed by atoms with E-state index in [-0.39, 0.29) is 17.7 Å². The van der Waals surface area contributed by atoms with Gasteiger partial charge in [-0.2, -0.15) is 5.16 Å². The topological polar surface area (TPSA) is 88.7 Å². The Morgan fingerprint density at radius 2 is 1.94 bits per heavy atom. The Hall–Kier alpha value is -4.00. The molecule has 0 bridgehead atoms. The maximum Gasteiger partial charge on any atom is 0.280 e. The van der Waals surface area contributed by atoms with Crippen molar-refractivity contribution in [1.82, 2.24) is 10.1 Å². The summed E-state index contributed by atoms with van der Waals surface area (Å²) in [5, 5.41) is 2.28. The number of H-pyrrole nitrogens is 1. The van der Waals surface area contributed by atoms with Crippen molar-refractivity contribution < 1.29 is 24.0 Å². The zero-order chi connectivity index (χ0) is 28.3. The van der Waals surface area contributed by atoms with Gasteiger partial charge in [-0.1, -0.05) is 36.4 Å². The van der Waals surface area contributed by atoms with E-state index in [0.717, 1.165) is 24.2 Å². The first-order valence-corrected chi connectivity index (χ1v) is 12.0. The van der Waals surface area contributed by atoms with E-state index >= 15 is 0 Å². The van der Waals surface area contributed by atoms with Gasteiger partial charge in [0.15, 0.2) is 0 Å². The van der Waals surface area contributed by atoms with Crippen molar-refractivity contribution in [3.8, 4) is 17.1 Å². The number of para-hydroxylation sites is 1. The molecule has 4 aromatic rings. The fraction of sp³-hybridized carbons (Fsp3) is 0.310. The van der Waals surface area contributed by atoms with Crippen LogP contribution in [0.1, 0.15) is 59.2 Å². The van der Waals surface area contributed by atoms with Crippen LogP contribution < -0.4 is 10.3 Å². The lowest BCUT2D eigenvalue weighted by molar-refractivity contribution is 0.0729. The molecule has 2 aromatic heterocycles. The Bertz CT molecular complexity index is 1520. The Kier molecular flexibility index (Phi) is 5.96. The molecule has 0 spiro atoms. The van der Waals surface area contributed by atoms with Crippen molar-refractivity contribution >= 4 is 5.91 Å². The number of furan rings is 1. The minimum absolute atomic E-state index is 0.105. The van der Waals surface area contributed by atoms with Crippen LogP contribution in [0.4, 0.5) is 0 Å². The summed E-state index contributed by atoms with van der Waals surface area (Å²) in [6, 6.07) is 16.8. The second-order valence-electron chi connectivity index (χ2n) is 8.53. The maximum absolute atomic E-state index is 14.0. The molecular weight excluding hydrogens is 456 g/mol. The third-order valence-corrected chi connectivity index (χ3v) is 5.95. The van der Waals surface area contributed by atoms with Crippen LogP contribution in [-0.2, 0) is 13.0 Å². The summed E-state index contributed by atoms with van der Waals surface area (Å²) < 4.78 is 50.3. The number of nitrogens with one attached hydrogen (secondary N) is 1. The highest BCUT2D eigenvalue weighted by Gasteiger charge is 2.34. The number of rotatable bonds is 12. The molecule has 2 unspecified atom stereocenters. The number of aromatic amines is 1. The molecule has 2 heterocycles. The van der Waals surface area contributed by atoms with Crippen LogP contribution >= 0.6 is 0 Å². The number of hydrogen-bond donors (Lipinski definition) is 1. The van der Waals surface area contributed by atoms with E-state index in [4.69, 9.17) is 19.2 Å². The quantitative estimate of drug-likeness (QED) is 0.253. The van der Waals surface area contributed by atoms with Gasteiger partial charge in [0.2, 0.25) is 0 Å². The van der Waals surface area contributed by atoms with E-state index in [9.17, 15) is 9.59 Å². The molecule has 5 rings (SSSR count). The molecule has 0 saturated heterocycles. The van der Waals surface area contributed by atoms with Gasteiger partial charge in [0.1, 0.15) is 17.3 Å². The molecule has 1 aliphatic carbocycles. The highest BCUT2D eigenvalue weighted by atomic mass is 16.5. The van der Waals surface area contributed by atoms with Gasteiger partial charge in [0.05, 0.1) is 19.8 Å². The molecular formula is C29H30N2O5. The van der Waals surface area contributed by atoms with Gasteiger partial charge in [-0.05, 0) is 56.3 Å². The molecule has 2 atom stereocenters. The fourth-order valence-corrected chi connectivity index (χ4v) is 4.07. The van der Waals surface area contributed by atoms with Crippen LogP contribution in [0.3, 0.4) is 0 Å². The number of carbonyl (C=O) groups excluding carboxylic acids is 1. The zero-order valence-electron chi connectivity index (χ0n) is 23.7. The lowest BCUT2D eigenvalue weighted by Crippen LogP contribution is -2.33. The smallest absolute Gasteiger partial charge is 0.280 e. The standard InChI is InChI=1S/C29H30N2O5/c32-28-19-23(36-30-28)10-2-1-7-17-34-26-13-6-3-9-21(26)20-31(22-15-16-22)29(33)25-12-5-4-11-24(25)27-14-8-18-35-27/h3-6,8-9,11-14,18-19,22H,1-2,7,10,15-17,20H2,(H,30,32)/i15D,16D2,22D. The first-order chi connectivity index (χ1) is 19.2. The summed E-state index contributed by atoms with van der Waals surface area (Å²) in [6.07, 6.45) is 0.960. The SMILES string of the molecule is [2H]C1C([2H])([2H])C1([2H])N(Cc1ccccc1OCCCCCc1cc(=O)[nH]o1)C(=O)c1ccccc1-c1ccco1. The number of aryl methyl sites for hydroxylation is 1. The molecule has 2 aromatic carbocycles. The number of ether oxygens (including phenoxy) is 1. The number of amides is 1. The Morgan fingerprint density at radius 1 is 1.11 bits per heavy atom. The first kappa shape index (κ1) is 19.2. The molecule has 1 aliphatic rings. The van der Waals surface area contributed by atoms with Crippen molar-refractivity contribution in [1.29, 1.82) is 0 Å². The van der Waals surface area contributed by atoms with Crippen molar-refractivity contribution in [2.45, 2.75) is 51.0 Å². The monoisotopic (exact) mass is 490 g/mol. The van der Waals surface area contributed by atoms with E-state index in [2.05, 4.69) is 5.16 Å². The van der Waals surface area contributed by atoms with Crippen LogP contribution in [0, 0.1) is 0 Å². The average molecular weight is 491 g/mol. The fourth-order valence-electron chi connectivity index (χ4n) is 4.07. The molecule has 1 saturated carbocycles. The number of unbranched alkanes of at least 4 members (excludes halogenated alkanes) is 2. The first-order valence-electron chi connectivity index (χ1n) is 14.1. The number of aromatic nitrogens is 1. The van der Waals surface area contributed by atoms with Crippen LogP contribution in [-0.4, -0.2) is 28.6 Å². The highest BCUT2D eigenvalue weighted by Crippen LogP contribution is 2.34. The van der Waals surface area contributed by atoms with E-state index in [0.29, 0.717) is 41.4 Å². The third kappa shape index (κ3) is 5.79. The molecule has 7 nitrogen and oxygen atoms in total. The van der Waals surface area contributed by atoms with E-state index in [1.807, 2.05) is 6.07 Å². The van der Waals surface area contributed by atoms with Crippen LogP contribution in [0.5, 0.6) is 5.75 Å². The normalized spacial score (nSPS) is 21.6. The van der Waals surface area contributed by atoms with Gasteiger partial charge in [0, 0.05) is 40.3 Å². The van der Waals surface area contributed by atoms with Crippen molar-refractivity contribution in [3.63, 3.8) is 0 Å². The number of nitrogens with zero attached hydrogens (tertiary/aromatic N) is 1. The van der Waals surface area contributed by atoms with Crippen molar-refractivity contribution in [2.75, 3.05) is 6.61 Å². The van der Waals surface area contributed by atoms with E-state index in [1.54, 1.807) is 54.6 Å². The Labute approximate surface area is 215 Å². The predicted octanol–water partition coefficient (Wildman–Crippen LogP) is 5.82. The summed E-state index contributed by atoms with van der Waals surface area (Å²) in [5.74, 6) is 1.06. The van der Waals surface area contributed by atoms with Crippen LogP contribution in [0.15, 0.2) is 86.7 Å². The number of carbonyl (C=O) groups is 1. The average Bonchev–Trinajstić information content (AvgIpc) is 3.49. The lowest BCUT2D eigenvalue weighted by Gasteiger charge is -2.25. The predicted molar refractivity (Wildman–Crippen MR) is 136 cm³/mol. The molecule has 0 aliphatic heterocycles. The highest BCUT2D eigenvalue weighted by molar-refractivity contribution is 6.00. The van der Waals surface area contributed by atoms with Crippen molar-refractivity contribution in [2.24, 2.45) is 0 Å². The van der Waals surface area contributed by atoms with Crippen molar-refractivity contribution in [3.05, 3.63) is 100 Å². The molecule has 1 N–H and O–H groups in total. The largest absolute Gasteiger partial charge is 0.493 e. The summed E-state index contributed by atoms with van der Waals surface area (Å²) in [6.45, 7) is 0.309. The lowest BCUT2D eigenvalue weighted by atomic mass is 10.0. The summed E-state index contributed by atoms with van der Waals surface area (Å²) in [5.41, 5.74) is 1.15. The molecule has 1 fully saturated rings.